The minimum atomic E-state index is -0.330. The van der Waals surface area contributed by atoms with Crippen molar-refractivity contribution < 1.29 is 9.18 Å². The van der Waals surface area contributed by atoms with Crippen molar-refractivity contribution in [3.63, 3.8) is 0 Å². The van der Waals surface area contributed by atoms with Crippen molar-refractivity contribution >= 4 is 34.2 Å². The number of aromatic nitrogens is 4. The fourth-order valence-electron chi connectivity index (χ4n) is 3.76. The van der Waals surface area contributed by atoms with Gasteiger partial charge in [0.05, 0.1) is 5.52 Å². The first kappa shape index (κ1) is 21.2. The molecule has 0 fully saturated rings. The summed E-state index contributed by atoms with van der Waals surface area (Å²) in [6, 6.07) is 2.89. The zero-order valence-electron chi connectivity index (χ0n) is 17.9. The van der Waals surface area contributed by atoms with Crippen molar-refractivity contribution in [3.05, 3.63) is 40.0 Å². The maximum absolute atomic E-state index is 13.9. The van der Waals surface area contributed by atoms with Crippen molar-refractivity contribution in [1.29, 1.82) is 5.41 Å². The van der Waals surface area contributed by atoms with Crippen LogP contribution >= 0.6 is 11.5 Å². The molecule has 11 heteroatoms. The molecule has 0 saturated heterocycles. The molecular weight excluding hydrogens is 419 g/mol. The van der Waals surface area contributed by atoms with E-state index in [0.29, 0.717) is 22.3 Å². The van der Waals surface area contributed by atoms with E-state index in [1.54, 1.807) is 23.5 Å². The summed E-state index contributed by atoms with van der Waals surface area (Å²) in [7, 11) is 1.77. The molecule has 1 aromatic carbocycles. The molecule has 1 amide bonds. The SMILES string of the molecule is Cc1nc(C(=O)N(C)[C@@H](C)CCCC2Nc3c4cc(F)cc(C)c4nc(=N)n3N2)ns1. The maximum atomic E-state index is 13.9. The highest BCUT2D eigenvalue weighted by molar-refractivity contribution is 7.05. The summed E-state index contributed by atoms with van der Waals surface area (Å²) in [4.78, 5) is 22.7. The fraction of sp³-hybridized carbons (Fsp3) is 0.450. The third-order valence-electron chi connectivity index (χ3n) is 5.58. The molecule has 0 spiro atoms. The summed E-state index contributed by atoms with van der Waals surface area (Å²) in [5.74, 6) is 0.384. The third-order valence-corrected chi connectivity index (χ3v) is 6.20. The Balaban J connectivity index is 1.38. The number of nitrogens with zero attached hydrogens (tertiary/aromatic N) is 5. The number of aryl methyl sites for hydroxylation is 2. The second-order valence-corrected chi connectivity index (χ2v) is 8.85. The van der Waals surface area contributed by atoms with Crippen LogP contribution in [0.4, 0.5) is 10.2 Å². The predicted molar refractivity (Wildman–Crippen MR) is 117 cm³/mol. The molecular formula is C20H25FN8OS. The molecule has 3 N–H and O–H groups in total. The Labute approximate surface area is 183 Å². The number of anilines is 1. The van der Waals surface area contributed by atoms with Gasteiger partial charge in [-0.15, -0.1) is 0 Å². The zero-order valence-corrected chi connectivity index (χ0v) is 18.7. The second kappa shape index (κ2) is 8.22. The monoisotopic (exact) mass is 444 g/mol. The van der Waals surface area contributed by atoms with Crippen molar-refractivity contribution in [1.82, 2.24) is 23.9 Å². The van der Waals surface area contributed by atoms with Crippen LogP contribution in [0.5, 0.6) is 0 Å². The molecule has 3 aromatic rings. The topological polar surface area (TPSA) is 112 Å². The van der Waals surface area contributed by atoms with Gasteiger partial charge in [0.2, 0.25) is 11.4 Å². The van der Waals surface area contributed by atoms with Crippen molar-refractivity contribution in [2.75, 3.05) is 17.8 Å². The van der Waals surface area contributed by atoms with Crippen LogP contribution in [-0.4, -0.2) is 49.1 Å². The van der Waals surface area contributed by atoms with E-state index in [2.05, 4.69) is 25.1 Å². The number of benzene rings is 1. The second-order valence-electron chi connectivity index (χ2n) is 7.90. The number of carbonyl (C=O) groups is 1. The Morgan fingerprint density at radius 2 is 2.16 bits per heavy atom. The van der Waals surface area contributed by atoms with Gasteiger partial charge < -0.3 is 10.2 Å². The molecule has 1 aliphatic rings. The fourth-order valence-corrected chi connectivity index (χ4v) is 4.22. The lowest BCUT2D eigenvalue weighted by Crippen LogP contribution is -2.36. The molecule has 1 unspecified atom stereocenters. The minimum absolute atomic E-state index is 0.0266. The van der Waals surface area contributed by atoms with Gasteiger partial charge in [0.25, 0.3) is 5.91 Å². The van der Waals surface area contributed by atoms with Crippen LogP contribution in [0.15, 0.2) is 12.1 Å². The number of nitrogens with one attached hydrogen (secondary N) is 3. The van der Waals surface area contributed by atoms with Crippen molar-refractivity contribution in [3.8, 4) is 0 Å². The van der Waals surface area contributed by atoms with E-state index in [-0.39, 0.29) is 35.4 Å². The molecule has 31 heavy (non-hydrogen) atoms. The van der Waals surface area contributed by atoms with Gasteiger partial charge >= 0.3 is 0 Å². The van der Waals surface area contributed by atoms with Gasteiger partial charge in [0, 0.05) is 18.5 Å². The molecule has 164 valence electrons. The lowest BCUT2D eigenvalue weighted by Gasteiger charge is -2.24. The highest BCUT2D eigenvalue weighted by atomic mass is 32.1. The molecule has 0 bridgehead atoms. The van der Waals surface area contributed by atoms with Crippen LogP contribution in [0.1, 0.15) is 47.4 Å². The molecule has 1 aliphatic heterocycles. The van der Waals surface area contributed by atoms with E-state index in [0.717, 1.165) is 24.3 Å². The Morgan fingerprint density at radius 1 is 1.39 bits per heavy atom. The van der Waals surface area contributed by atoms with Gasteiger partial charge in [-0.2, -0.15) is 4.37 Å². The van der Waals surface area contributed by atoms with Crippen molar-refractivity contribution in [2.24, 2.45) is 0 Å². The number of halogens is 1. The summed E-state index contributed by atoms with van der Waals surface area (Å²) < 4.78 is 19.6. The third kappa shape index (κ3) is 4.09. The van der Waals surface area contributed by atoms with Crippen LogP contribution in [0.3, 0.4) is 0 Å². The maximum Gasteiger partial charge on any atom is 0.292 e. The molecule has 9 nitrogen and oxygen atoms in total. The first-order valence-electron chi connectivity index (χ1n) is 10.1. The van der Waals surface area contributed by atoms with E-state index in [4.69, 9.17) is 5.41 Å². The molecule has 2 atom stereocenters. The highest BCUT2D eigenvalue weighted by Gasteiger charge is 2.25. The number of hydrogen-bond donors (Lipinski definition) is 3. The first-order chi connectivity index (χ1) is 14.7. The summed E-state index contributed by atoms with van der Waals surface area (Å²) in [6.07, 6.45) is 2.29. The van der Waals surface area contributed by atoms with Crippen LogP contribution in [0, 0.1) is 25.1 Å². The number of rotatable bonds is 6. The minimum Gasteiger partial charge on any atom is -0.348 e. The van der Waals surface area contributed by atoms with E-state index < -0.39 is 0 Å². The summed E-state index contributed by atoms with van der Waals surface area (Å²) in [5, 5.41) is 13.0. The predicted octanol–water partition coefficient (Wildman–Crippen LogP) is 2.75. The van der Waals surface area contributed by atoms with Gasteiger partial charge in [-0.25, -0.2) is 19.0 Å². The normalized spacial score (nSPS) is 16.0. The number of fused-ring (bicyclic) bond motifs is 3. The van der Waals surface area contributed by atoms with Gasteiger partial charge in [0.15, 0.2) is 0 Å². The summed E-state index contributed by atoms with van der Waals surface area (Å²) in [5.41, 5.74) is 4.60. The lowest BCUT2D eigenvalue weighted by atomic mass is 10.1. The number of amides is 1. The number of hydrogen-bond acceptors (Lipinski definition) is 8. The summed E-state index contributed by atoms with van der Waals surface area (Å²) in [6.45, 7) is 5.61. The standard InChI is InChI=1S/C20H25FN8OS/c1-10-8-13(21)9-14-16(10)25-20(22)29-18(14)24-15(26-29)7-5-6-11(2)28(4)19(30)17-23-12(3)31-27-17/h8-9,11,15,22,24,26H,5-7H2,1-4H3/t11-,15?/m0/s1. The number of carbonyl (C=O) groups excluding carboxylic acids is 1. The van der Waals surface area contributed by atoms with E-state index >= 15 is 0 Å². The molecule has 3 heterocycles. The Bertz CT molecular complexity index is 1210. The van der Waals surface area contributed by atoms with Crippen LogP contribution < -0.4 is 16.4 Å². The summed E-state index contributed by atoms with van der Waals surface area (Å²) >= 11 is 1.22. The van der Waals surface area contributed by atoms with Crippen LogP contribution in [-0.2, 0) is 0 Å². The van der Waals surface area contributed by atoms with Gasteiger partial charge in [-0.1, -0.05) is 0 Å². The van der Waals surface area contributed by atoms with E-state index in [1.807, 2.05) is 13.8 Å². The molecule has 4 rings (SSSR count). The van der Waals surface area contributed by atoms with Crippen molar-refractivity contribution in [2.45, 2.75) is 52.2 Å². The van der Waals surface area contributed by atoms with Gasteiger partial charge in [-0.3, -0.25) is 15.6 Å². The average molecular weight is 445 g/mol. The largest absolute Gasteiger partial charge is 0.348 e. The Hall–Kier alpha value is -3.08. The van der Waals surface area contributed by atoms with E-state index in [9.17, 15) is 9.18 Å². The smallest absolute Gasteiger partial charge is 0.292 e. The Morgan fingerprint density at radius 3 is 2.87 bits per heavy atom. The molecule has 0 saturated carbocycles. The zero-order chi connectivity index (χ0) is 22.3. The quantitative estimate of drug-likeness (QED) is 0.539. The molecule has 0 radical (unpaired) electrons. The first-order valence-corrected chi connectivity index (χ1v) is 10.9. The molecule has 2 aromatic heterocycles. The van der Waals surface area contributed by atoms with Gasteiger partial charge in [-0.05, 0) is 69.3 Å². The van der Waals surface area contributed by atoms with E-state index in [1.165, 1.54) is 23.7 Å². The lowest BCUT2D eigenvalue weighted by molar-refractivity contribution is 0.0724. The van der Waals surface area contributed by atoms with Crippen LogP contribution in [0.25, 0.3) is 10.9 Å². The Kier molecular flexibility index (Phi) is 5.61. The average Bonchev–Trinajstić information content (AvgIpc) is 3.35. The molecule has 0 aliphatic carbocycles. The van der Waals surface area contributed by atoms with Crippen LogP contribution in [0.2, 0.25) is 0 Å². The highest BCUT2D eigenvalue weighted by Crippen LogP contribution is 2.27. The van der Waals surface area contributed by atoms with Gasteiger partial charge in [0.1, 0.15) is 22.8 Å².